The van der Waals surface area contributed by atoms with Crippen LogP contribution < -0.4 is 10.5 Å². The number of aliphatic carboxylic acids is 1. The first-order valence-corrected chi connectivity index (χ1v) is 7.30. The van der Waals surface area contributed by atoms with Crippen molar-refractivity contribution in [2.24, 2.45) is 5.73 Å². The minimum atomic E-state index is -3.76. The lowest BCUT2D eigenvalue weighted by molar-refractivity contribution is -0.136. The molecule has 0 heterocycles. The molecule has 110 valence electrons. The second-order valence-electron chi connectivity index (χ2n) is 4.41. The summed E-state index contributed by atoms with van der Waals surface area (Å²) in [5, 5.41) is 8.62. The van der Waals surface area contributed by atoms with Gasteiger partial charge in [0.1, 0.15) is 0 Å². The van der Waals surface area contributed by atoms with Gasteiger partial charge in [-0.3, -0.25) is 9.59 Å². The Hall–Kier alpha value is -1.93. The third-order valence-corrected chi connectivity index (χ3v) is 4.06. The molecule has 0 bridgehead atoms. The number of rotatable bonds is 7. The Kier molecular flexibility index (Phi) is 5.23. The van der Waals surface area contributed by atoms with Gasteiger partial charge in [-0.25, -0.2) is 13.1 Å². The Morgan fingerprint density at radius 1 is 1.30 bits per heavy atom. The molecule has 0 aliphatic rings. The largest absolute Gasteiger partial charge is 0.481 e. The topological polar surface area (TPSA) is 127 Å². The number of nitrogens with two attached hydrogens (primary N) is 1. The Bertz CT molecular complexity index is 595. The van der Waals surface area contributed by atoms with Crippen molar-refractivity contribution >= 4 is 21.9 Å². The molecule has 0 aliphatic carbocycles. The first kappa shape index (κ1) is 16.1. The Labute approximate surface area is 116 Å². The van der Waals surface area contributed by atoms with Gasteiger partial charge in [-0.2, -0.15) is 0 Å². The number of amides is 1. The number of hydrogen-bond acceptors (Lipinski definition) is 4. The van der Waals surface area contributed by atoms with E-state index in [1.807, 2.05) is 0 Å². The van der Waals surface area contributed by atoms with Crippen molar-refractivity contribution in [3.63, 3.8) is 0 Å². The molecular weight excluding hydrogens is 284 g/mol. The number of nitrogens with one attached hydrogen (secondary N) is 1. The highest BCUT2D eigenvalue weighted by Gasteiger charge is 2.18. The first-order chi connectivity index (χ1) is 9.20. The molecular formula is C12H16N2O5S. The van der Waals surface area contributed by atoms with Gasteiger partial charge in [0, 0.05) is 12.5 Å². The SMILES string of the molecule is CC(CC(N)=O)NS(=O)(=O)c1ccc(CC(=O)O)cc1. The monoisotopic (exact) mass is 300 g/mol. The van der Waals surface area contributed by atoms with E-state index in [0.29, 0.717) is 5.56 Å². The van der Waals surface area contributed by atoms with Crippen molar-refractivity contribution in [1.82, 2.24) is 4.72 Å². The highest BCUT2D eigenvalue weighted by Crippen LogP contribution is 2.12. The van der Waals surface area contributed by atoms with Crippen LogP contribution in [0.2, 0.25) is 0 Å². The van der Waals surface area contributed by atoms with E-state index in [-0.39, 0.29) is 17.7 Å². The summed E-state index contributed by atoms with van der Waals surface area (Å²) >= 11 is 0. The van der Waals surface area contributed by atoms with Crippen molar-refractivity contribution in [2.75, 3.05) is 0 Å². The Morgan fingerprint density at radius 2 is 1.85 bits per heavy atom. The number of primary amides is 1. The minimum absolute atomic E-state index is 0.00274. The first-order valence-electron chi connectivity index (χ1n) is 5.82. The molecule has 8 heteroatoms. The predicted molar refractivity (Wildman–Crippen MR) is 71.4 cm³/mol. The molecule has 1 aromatic carbocycles. The van der Waals surface area contributed by atoms with Gasteiger partial charge in [-0.1, -0.05) is 12.1 Å². The summed E-state index contributed by atoms with van der Waals surface area (Å²) in [7, 11) is -3.76. The van der Waals surface area contributed by atoms with Crippen molar-refractivity contribution in [2.45, 2.75) is 30.7 Å². The standard InChI is InChI=1S/C12H16N2O5S/c1-8(6-11(13)15)14-20(18,19)10-4-2-9(3-5-10)7-12(16)17/h2-5,8,14H,6-7H2,1H3,(H2,13,15)(H,16,17). The number of carbonyl (C=O) groups excluding carboxylic acids is 1. The maximum Gasteiger partial charge on any atom is 0.307 e. The summed E-state index contributed by atoms with van der Waals surface area (Å²) in [6.07, 6.45) is -0.276. The summed E-state index contributed by atoms with van der Waals surface area (Å²) < 4.78 is 26.3. The van der Waals surface area contributed by atoms with Crippen LogP contribution in [0.25, 0.3) is 0 Å². The molecule has 0 saturated carbocycles. The molecule has 1 rings (SSSR count). The van der Waals surface area contributed by atoms with Gasteiger partial charge in [0.05, 0.1) is 11.3 Å². The molecule has 0 radical (unpaired) electrons. The van der Waals surface area contributed by atoms with E-state index < -0.39 is 27.9 Å². The van der Waals surface area contributed by atoms with Gasteiger partial charge < -0.3 is 10.8 Å². The number of carboxylic acid groups (broad SMARTS) is 1. The third-order valence-electron chi connectivity index (χ3n) is 2.45. The van der Waals surface area contributed by atoms with Crippen LogP contribution in [0.1, 0.15) is 18.9 Å². The van der Waals surface area contributed by atoms with Gasteiger partial charge in [-0.05, 0) is 24.6 Å². The average Bonchev–Trinajstić information content (AvgIpc) is 2.26. The van der Waals surface area contributed by atoms with E-state index in [2.05, 4.69) is 4.72 Å². The molecule has 0 spiro atoms. The van der Waals surface area contributed by atoms with Crippen molar-refractivity contribution in [3.05, 3.63) is 29.8 Å². The molecule has 0 aliphatic heterocycles. The number of hydrogen-bond donors (Lipinski definition) is 3. The number of carbonyl (C=O) groups is 2. The van der Waals surface area contributed by atoms with E-state index in [0.717, 1.165) is 0 Å². The quantitative estimate of drug-likeness (QED) is 0.645. The molecule has 0 aromatic heterocycles. The van der Waals surface area contributed by atoms with Gasteiger partial charge in [0.2, 0.25) is 15.9 Å². The van der Waals surface area contributed by atoms with Crippen LogP contribution >= 0.6 is 0 Å². The van der Waals surface area contributed by atoms with Crippen LogP contribution in [-0.2, 0) is 26.0 Å². The van der Waals surface area contributed by atoms with Crippen LogP contribution in [0, 0.1) is 0 Å². The van der Waals surface area contributed by atoms with Crippen molar-refractivity contribution in [3.8, 4) is 0 Å². The van der Waals surface area contributed by atoms with E-state index >= 15 is 0 Å². The highest BCUT2D eigenvalue weighted by molar-refractivity contribution is 7.89. The van der Waals surface area contributed by atoms with Gasteiger partial charge in [0.25, 0.3) is 0 Å². The summed E-state index contributed by atoms with van der Waals surface area (Å²) in [6.45, 7) is 1.53. The van der Waals surface area contributed by atoms with E-state index in [9.17, 15) is 18.0 Å². The summed E-state index contributed by atoms with van der Waals surface area (Å²) in [5.74, 6) is -1.59. The molecule has 1 unspecified atom stereocenters. The van der Waals surface area contributed by atoms with E-state index in [1.165, 1.54) is 31.2 Å². The van der Waals surface area contributed by atoms with Crippen molar-refractivity contribution in [1.29, 1.82) is 0 Å². The zero-order chi connectivity index (χ0) is 15.3. The lowest BCUT2D eigenvalue weighted by Gasteiger charge is -2.12. The van der Waals surface area contributed by atoms with Crippen LogP contribution in [0.15, 0.2) is 29.2 Å². The van der Waals surface area contributed by atoms with E-state index in [4.69, 9.17) is 10.8 Å². The smallest absolute Gasteiger partial charge is 0.307 e. The number of carboxylic acids is 1. The normalized spacial score (nSPS) is 12.8. The second kappa shape index (κ2) is 6.49. The molecule has 1 atom stereocenters. The molecule has 20 heavy (non-hydrogen) atoms. The number of sulfonamides is 1. The zero-order valence-electron chi connectivity index (χ0n) is 10.9. The summed E-state index contributed by atoms with van der Waals surface area (Å²) in [6, 6.07) is 4.88. The zero-order valence-corrected chi connectivity index (χ0v) is 11.7. The summed E-state index contributed by atoms with van der Waals surface area (Å²) in [5.41, 5.74) is 5.49. The fourth-order valence-electron chi connectivity index (χ4n) is 1.64. The maximum absolute atomic E-state index is 12.0. The van der Waals surface area contributed by atoms with Crippen LogP contribution in [0.5, 0.6) is 0 Å². The maximum atomic E-state index is 12.0. The van der Waals surface area contributed by atoms with Gasteiger partial charge >= 0.3 is 5.97 Å². The summed E-state index contributed by atoms with van der Waals surface area (Å²) in [4.78, 5) is 21.2. The molecule has 7 nitrogen and oxygen atoms in total. The molecule has 0 saturated heterocycles. The lowest BCUT2D eigenvalue weighted by atomic mass is 10.2. The molecule has 0 fully saturated rings. The molecule has 1 amide bonds. The third kappa shape index (κ3) is 4.98. The van der Waals surface area contributed by atoms with Crippen molar-refractivity contribution < 1.29 is 23.1 Å². The number of benzene rings is 1. The lowest BCUT2D eigenvalue weighted by Crippen LogP contribution is -2.35. The predicted octanol–water partition coefficient (Wildman–Crippen LogP) is -0.144. The average molecular weight is 300 g/mol. The van der Waals surface area contributed by atoms with Crippen LogP contribution in [0.4, 0.5) is 0 Å². The highest BCUT2D eigenvalue weighted by atomic mass is 32.2. The Morgan fingerprint density at radius 3 is 2.30 bits per heavy atom. The van der Waals surface area contributed by atoms with Crippen LogP contribution in [0.3, 0.4) is 0 Å². The fourth-order valence-corrected chi connectivity index (χ4v) is 2.88. The second-order valence-corrected chi connectivity index (χ2v) is 6.12. The van der Waals surface area contributed by atoms with Gasteiger partial charge in [-0.15, -0.1) is 0 Å². The molecule has 4 N–H and O–H groups in total. The van der Waals surface area contributed by atoms with Crippen LogP contribution in [-0.4, -0.2) is 31.4 Å². The van der Waals surface area contributed by atoms with Gasteiger partial charge in [0.15, 0.2) is 0 Å². The minimum Gasteiger partial charge on any atom is -0.481 e. The fraction of sp³-hybridized carbons (Fsp3) is 0.333. The Balaban J connectivity index is 2.82. The van der Waals surface area contributed by atoms with E-state index in [1.54, 1.807) is 0 Å². The molecule has 1 aromatic rings.